The lowest BCUT2D eigenvalue weighted by atomic mass is 10.2. The molecule has 3 rings (SSSR count). The van der Waals surface area contributed by atoms with E-state index in [1.54, 1.807) is 12.1 Å². The molecule has 1 amide bonds. The van der Waals surface area contributed by atoms with Gasteiger partial charge in [-0.05, 0) is 32.9 Å². The van der Waals surface area contributed by atoms with Gasteiger partial charge in [0, 0.05) is 23.0 Å². The van der Waals surface area contributed by atoms with Crippen LogP contribution < -0.4 is 19.6 Å². The number of ether oxygens (including phenoxy) is 3. The van der Waals surface area contributed by atoms with Crippen LogP contribution in [-0.2, 0) is 4.79 Å². The lowest BCUT2D eigenvalue weighted by Crippen LogP contribution is -2.20. The topological polar surface area (TPSA) is 94.9 Å². The first-order chi connectivity index (χ1) is 13.0. The number of amides is 1. The normalized spacial score (nSPS) is 12.4. The molecule has 0 spiro atoms. The number of fused-ring (bicyclic) bond motifs is 1. The fraction of sp³-hybridized carbons (Fsp3) is 0.333. The standard InChI is InChI=1S/C18H20N4O4S/c1-4-24-14-7-16-15(25-10-26-16)6-13(14)8-19-22-17(23)9-27-18-20-11(2)5-12(3)21-18/h5-8H,4,9-10H2,1-3H3,(H,22,23)/b19-8+. The summed E-state index contributed by atoms with van der Waals surface area (Å²) in [6.07, 6.45) is 1.52. The molecule has 1 aromatic carbocycles. The number of benzene rings is 1. The lowest BCUT2D eigenvalue weighted by Gasteiger charge is -2.08. The molecule has 9 heteroatoms. The Balaban J connectivity index is 1.59. The van der Waals surface area contributed by atoms with Crippen LogP contribution in [0.15, 0.2) is 28.5 Å². The van der Waals surface area contributed by atoms with Gasteiger partial charge in [0.25, 0.3) is 5.91 Å². The van der Waals surface area contributed by atoms with E-state index in [4.69, 9.17) is 14.2 Å². The van der Waals surface area contributed by atoms with Crippen molar-refractivity contribution in [3.8, 4) is 17.2 Å². The Morgan fingerprint density at radius 3 is 2.67 bits per heavy atom. The Morgan fingerprint density at radius 2 is 1.96 bits per heavy atom. The van der Waals surface area contributed by atoms with Gasteiger partial charge in [-0.15, -0.1) is 0 Å². The van der Waals surface area contributed by atoms with Crippen molar-refractivity contribution in [2.24, 2.45) is 5.10 Å². The maximum absolute atomic E-state index is 12.0. The maximum atomic E-state index is 12.0. The second-order valence-electron chi connectivity index (χ2n) is 5.69. The minimum Gasteiger partial charge on any atom is -0.493 e. The largest absolute Gasteiger partial charge is 0.493 e. The third kappa shape index (κ3) is 5.10. The number of aromatic nitrogens is 2. The number of hydrogen-bond acceptors (Lipinski definition) is 8. The van der Waals surface area contributed by atoms with Crippen LogP contribution in [0.25, 0.3) is 0 Å². The Kier molecular flexibility index (Phi) is 6.12. The van der Waals surface area contributed by atoms with Gasteiger partial charge in [0.1, 0.15) is 5.75 Å². The van der Waals surface area contributed by atoms with Gasteiger partial charge in [-0.2, -0.15) is 5.10 Å². The Hall–Kier alpha value is -2.81. The summed E-state index contributed by atoms with van der Waals surface area (Å²) in [4.78, 5) is 20.6. The molecule has 0 bridgehead atoms. The van der Waals surface area contributed by atoms with Gasteiger partial charge >= 0.3 is 0 Å². The van der Waals surface area contributed by atoms with Gasteiger partial charge in [0.15, 0.2) is 16.7 Å². The third-order valence-electron chi connectivity index (χ3n) is 3.49. The molecule has 0 atom stereocenters. The minimum atomic E-state index is -0.252. The fourth-order valence-corrected chi connectivity index (χ4v) is 3.16. The quantitative estimate of drug-likeness (QED) is 0.337. The molecule has 2 heterocycles. The molecule has 1 aliphatic rings. The van der Waals surface area contributed by atoms with Crippen LogP contribution >= 0.6 is 11.8 Å². The van der Waals surface area contributed by atoms with Crippen LogP contribution in [-0.4, -0.2) is 41.2 Å². The number of nitrogens with zero attached hydrogens (tertiary/aromatic N) is 3. The maximum Gasteiger partial charge on any atom is 0.250 e. The molecular weight excluding hydrogens is 368 g/mol. The van der Waals surface area contributed by atoms with Gasteiger partial charge in [0.2, 0.25) is 6.79 Å². The number of rotatable bonds is 7. The van der Waals surface area contributed by atoms with Crippen molar-refractivity contribution in [2.75, 3.05) is 19.2 Å². The van der Waals surface area contributed by atoms with E-state index in [9.17, 15) is 4.79 Å². The zero-order valence-corrected chi connectivity index (χ0v) is 16.1. The minimum absolute atomic E-state index is 0.166. The molecule has 0 unspecified atom stereocenters. The van der Waals surface area contributed by atoms with Crippen LogP contribution in [0.4, 0.5) is 0 Å². The van der Waals surface area contributed by atoms with E-state index in [-0.39, 0.29) is 18.5 Å². The highest BCUT2D eigenvalue weighted by molar-refractivity contribution is 7.99. The van der Waals surface area contributed by atoms with E-state index < -0.39 is 0 Å². The van der Waals surface area contributed by atoms with Crippen LogP contribution in [0.5, 0.6) is 17.2 Å². The van der Waals surface area contributed by atoms with E-state index >= 15 is 0 Å². The third-order valence-corrected chi connectivity index (χ3v) is 4.34. The van der Waals surface area contributed by atoms with Gasteiger partial charge in [-0.1, -0.05) is 11.8 Å². The summed E-state index contributed by atoms with van der Waals surface area (Å²) in [6, 6.07) is 5.40. The highest BCUT2D eigenvalue weighted by Crippen LogP contribution is 2.37. The van der Waals surface area contributed by atoms with Gasteiger partial charge < -0.3 is 14.2 Å². The van der Waals surface area contributed by atoms with Gasteiger partial charge in [-0.3, -0.25) is 4.79 Å². The van der Waals surface area contributed by atoms with Crippen molar-refractivity contribution in [2.45, 2.75) is 25.9 Å². The monoisotopic (exact) mass is 388 g/mol. The molecule has 27 heavy (non-hydrogen) atoms. The zero-order valence-electron chi connectivity index (χ0n) is 15.3. The Labute approximate surface area is 161 Å². The molecule has 1 N–H and O–H groups in total. The van der Waals surface area contributed by atoms with E-state index in [0.29, 0.717) is 34.6 Å². The summed E-state index contributed by atoms with van der Waals surface area (Å²) in [6.45, 7) is 6.35. The first-order valence-electron chi connectivity index (χ1n) is 8.38. The van der Waals surface area contributed by atoms with Crippen molar-refractivity contribution in [1.82, 2.24) is 15.4 Å². The van der Waals surface area contributed by atoms with Crippen molar-refractivity contribution >= 4 is 23.9 Å². The lowest BCUT2D eigenvalue weighted by molar-refractivity contribution is -0.118. The highest BCUT2D eigenvalue weighted by atomic mass is 32.2. The first kappa shape index (κ1) is 19.0. The number of carbonyl (C=O) groups is 1. The number of nitrogens with one attached hydrogen (secondary N) is 1. The number of thioether (sulfide) groups is 1. The summed E-state index contributed by atoms with van der Waals surface area (Å²) in [7, 11) is 0. The molecular formula is C18H20N4O4S. The van der Waals surface area contributed by atoms with Crippen LogP contribution in [0.3, 0.4) is 0 Å². The van der Waals surface area contributed by atoms with Crippen LogP contribution in [0.2, 0.25) is 0 Å². The first-order valence-corrected chi connectivity index (χ1v) is 9.37. The molecule has 1 aromatic heterocycles. The summed E-state index contributed by atoms with van der Waals surface area (Å²) in [5.74, 6) is 1.77. The van der Waals surface area contributed by atoms with Gasteiger partial charge in [-0.25, -0.2) is 15.4 Å². The number of aryl methyl sites for hydroxylation is 2. The van der Waals surface area contributed by atoms with Crippen LogP contribution in [0.1, 0.15) is 23.9 Å². The average Bonchev–Trinajstić information content (AvgIpc) is 3.07. The average molecular weight is 388 g/mol. The zero-order chi connectivity index (χ0) is 19.2. The second-order valence-corrected chi connectivity index (χ2v) is 6.63. The van der Waals surface area contributed by atoms with E-state index in [2.05, 4.69) is 20.5 Å². The Bertz CT molecular complexity index is 852. The highest BCUT2D eigenvalue weighted by Gasteiger charge is 2.17. The number of hydrogen-bond donors (Lipinski definition) is 1. The SMILES string of the molecule is CCOc1cc2c(cc1/C=N/NC(=O)CSc1nc(C)cc(C)n1)OCO2. The molecule has 0 aliphatic carbocycles. The fourth-order valence-electron chi connectivity index (χ4n) is 2.41. The van der Waals surface area contributed by atoms with Gasteiger partial charge in [0.05, 0.1) is 18.6 Å². The Morgan fingerprint density at radius 1 is 1.26 bits per heavy atom. The molecule has 142 valence electrons. The molecule has 0 radical (unpaired) electrons. The smallest absolute Gasteiger partial charge is 0.250 e. The van der Waals surface area contributed by atoms with E-state index in [0.717, 1.165) is 11.4 Å². The molecule has 8 nitrogen and oxygen atoms in total. The number of hydrazone groups is 1. The van der Waals surface area contributed by atoms with Crippen molar-refractivity contribution in [3.05, 3.63) is 35.2 Å². The predicted octanol–water partition coefficient (Wildman–Crippen LogP) is 2.46. The molecule has 0 saturated heterocycles. The van der Waals surface area contributed by atoms with Crippen molar-refractivity contribution in [3.63, 3.8) is 0 Å². The summed E-state index contributed by atoms with van der Waals surface area (Å²) >= 11 is 1.26. The van der Waals surface area contributed by atoms with Crippen molar-refractivity contribution in [1.29, 1.82) is 0 Å². The summed E-state index contributed by atoms with van der Waals surface area (Å²) in [5, 5.41) is 4.57. The second kappa shape index (κ2) is 8.72. The van der Waals surface area contributed by atoms with E-state index in [1.165, 1.54) is 18.0 Å². The molecule has 0 saturated carbocycles. The molecule has 1 aliphatic heterocycles. The van der Waals surface area contributed by atoms with Crippen LogP contribution in [0, 0.1) is 13.8 Å². The van der Waals surface area contributed by atoms with E-state index in [1.807, 2.05) is 26.8 Å². The summed E-state index contributed by atoms with van der Waals surface area (Å²) < 4.78 is 16.3. The number of carbonyl (C=O) groups excluding carboxylic acids is 1. The molecule has 2 aromatic rings. The molecule has 0 fully saturated rings. The predicted molar refractivity (Wildman–Crippen MR) is 102 cm³/mol. The summed E-state index contributed by atoms with van der Waals surface area (Å²) in [5.41, 5.74) is 4.92. The van der Waals surface area contributed by atoms with Crippen molar-refractivity contribution < 1.29 is 19.0 Å².